The molecule has 0 aromatic rings. The van der Waals surface area contributed by atoms with Crippen molar-refractivity contribution in [1.29, 1.82) is 0 Å². The van der Waals surface area contributed by atoms with E-state index in [4.69, 9.17) is 11.6 Å². The van der Waals surface area contributed by atoms with Crippen molar-refractivity contribution in [2.24, 2.45) is 5.41 Å². The summed E-state index contributed by atoms with van der Waals surface area (Å²) < 4.78 is 0. The summed E-state index contributed by atoms with van der Waals surface area (Å²) in [6.45, 7) is 4.47. The number of halogens is 1. The van der Waals surface area contributed by atoms with Gasteiger partial charge in [-0.05, 0) is 30.3 Å². The van der Waals surface area contributed by atoms with Crippen molar-refractivity contribution < 1.29 is 0 Å². The molecule has 0 rings (SSSR count). The van der Waals surface area contributed by atoms with E-state index in [2.05, 4.69) is 20.1 Å². The van der Waals surface area contributed by atoms with E-state index in [1.807, 2.05) is 11.8 Å². The summed E-state index contributed by atoms with van der Waals surface area (Å²) >= 11 is 7.74. The van der Waals surface area contributed by atoms with E-state index in [-0.39, 0.29) is 0 Å². The Kier molecular flexibility index (Phi) is 5.65. The van der Waals surface area contributed by atoms with Gasteiger partial charge in [0.1, 0.15) is 0 Å². The Bertz CT molecular complexity index is 79.3. The highest BCUT2D eigenvalue weighted by Crippen LogP contribution is 2.28. The lowest BCUT2D eigenvalue weighted by atomic mass is 9.87. The molecule has 0 fully saturated rings. The van der Waals surface area contributed by atoms with Crippen LogP contribution < -0.4 is 0 Å². The van der Waals surface area contributed by atoms with E-state index in [1.165, 1.54) is 18.6 Å². The zero-order chi connectivity index (χ0) is 8.04. The molecule has 0 aliphatic carbocycles. The maximum absolute atomic E-state index is 5.84. The second kappa shape index (κ2) is 5.31. The lowest BCUT2D eigenvalue weighted by Gasteiger charge is -2.24. The summed E-state index contributed by atoms with van der Waals surface area (Å²) in [6, 6.07) is 0. The summed E-state index contributed by atoms with van der Waals surface area (Å²) in [5.41, 5.74) is 0.380. The SMILES string of the molecule is CCC(C)(CCl)CCSC. The first kappa shape index (κ1) is 10.6. The van der Waals surface area contributed by atoms with E-state index >= 15 is 0 Å². The van der Waals surface area contributed by atoms with Crippen LogP contribution in [0.25, 0.3) is 0 Å². The third kappa shape index (κ3) is 3.72. The fraction of sp³-hybridized carbons (Fsp3) is 1.00. The molecule has 0 aromatic heterocycles. The van der Waals surface area contributed by atoms with Crippen molar-refractivity contribution >= 4 is 23.4 Å². The van der Waals surface area contributed by atoms with Crippen molar-refractivity contribution in [1.82, 2.24) is 0 Å². The van der Waals surface area contributed by atoms with Gasteiger partial charge in [-0.15, -0.1) is 11.6 Å². The summed E-state index contributed by atoms with van der Waals surface area (Å²) in [5.74, 6) is 2.03. The maximum atomic E-state index is 5.84. The van der Waals surface area contributed by atoms with Gasteiger partial charge in [-0.25, -0.2) is 0 Å². The number of thioether (sulfide) groups is 1. The Hall–Kier alpha value is 0.640. The van der Waals surface area contributed by atoms with E-state index < -0.39 is 0 Å². The molecular weight excluding hydrogens is 164 g/mol. The fourth-order valence-electron chi connectivity index (χ4n) is 0.687. The predicted octanol–water partition coefficient (Wildman–Crippen LogP) is 3.39. The molecule has 0 saturated heterocycles. The molecular formula is C8H17ClS. The standard InChI is InChI=1S/C8H17ClS/c1-4-8(2,7-9)5-6-10-3/h4-7H2,1-3H3. The lowest BCUT2D eigenvalue weighted by molar-refractivity contribution is 0.347. The van der Waals surface area contributed by atoms with Gasteiger partial charge in [0.2, 0.25) is 0 Å². The molecule has 0 amide bonds. The van der Waals surface area contributed by atoms with Crippen LogP contribution in [0.5, 0.6) is 0 Å². The van der Waals surface area contributed by atoms with Crippen molar-refractivity contribution in [2.45, 2.75) is 26.7 Å². The molecule has 0 spiro atoms. The van der Waals surface area contributed by atoms with Crippen LogP contribution in [0.3, 0.4) is 0 Å². The summed E-state index contributed by atoms with van der Waals surface area (Å²) in [6.07, 6.45) is 4.58. The molecule has 1 unspecified atom stereocenters. The number of hydrogen-bond acceptors (Lipinski definition) is 1. The van der Waals surface area contributed by atoms with Gasteiger partial charge in [0.25, 0.3) is 0 Å². The van der Waals surface area contributed by atoms with Crippen LogP contribution >= 0.6 is 23.4 Å². The smallest absolute Gasteiger partial charge is 0.0277 e. The second-order valence-corrected chi connectivity index (χ2v) is 4.29. The third-order valence-corrected chi connectivity index (χ3v) is 3.34. The largest absolute Gasteiger partial charge is 0.165 e. The zero-order valence-electron chi connectivity index (χ0n) is 7.11. The molecule has 2 heteroatoms. The van der Waals surface area contributed by atoms with Crippen molar-refractivity contribution in [3.05, 3.63) is 0 Å². The molecule has 0 bridgehead atoms. The molecule has 62 valence electrons. The number of hydrogen-bond donors (Lipinski definition) is 0. The van der Waals surface area contributed by atoms with Crippen molar-refractivity contribution in [3.63, 3.8) is 0 Å². The van der Waals surface area contributed by atoms with E-state index in [1.54, 1.807) is 0 Å². The molecule has 0 nitrogen and oxygen atoms in total. The van der Waals surface area contributed by atoms with Gasteiger partial charge < -0.3 is 0 Å². The monoisotopic (exact) mass is 180 g/mol. The van der Waals surface area contributed by atoms with Gasteiger partial charge >= 0.3 is 0 Å². The maximum Gasteiger partial charge on any atom is 0.0277 e. The van der Waals surface area contributed by atoms with Crippen LogP contribution in [-0.2, 0) is 0 Å². The molecule has 10 heavy (non-hydrogen) atoms. The first-order chi connectivity index (χ1) is 4.68. The van der Waals surface area contributed by atoms with E-state index in [0.717, 1.165) is 5.88 Å². The van der Waals surface area contributed by atoms with Gasteiger partial charge in [0.05, 0.1) is 0 Å². The second-order valence-electron chi connectivity index (χ2n) is 3.04. The fourth-order valence-corrected chi connectivity index (χ4v) is 1.71. The molecule has 0 aliphatic rings. The van der Waals surface area contributed by atoms with Crippen LogP contribution in [0, 0.1) is 5.41 Å². The number of rotatable bonds is 5. The minimum absolute atomic E-state index is 0.380. The van der Waals surface area contributed by atoms with E-state index in [0.29, 0.717) is 5.41 Å². The van der Waals surface area contributed by atoms with E-state index in [9.17, 15) is 0 Å². The Labute approximate surface area is 73.7 Å². The quantitative estimate of drug-likeness (QED) is 0.585. The van der Waals surface area contributed by atoms with Gasteiger partial charge in [-0.1, -0.05) is 13.8 Å². The minimum Gasteiger partial charge on any atom is -0.165 e. The Morgan fingerprint density at radius 3 is 2.40 bits per heavy atom. The van der Waals surface area contributed by atoms with Gasteiger partial charge in [0.15, 0.2) is 0 Å². The highest BCUT2D eigenvalue weighted by Gasteiger charge is 2.19. The summed E-state index contributed by atoms with van der Waals surface area (Å²) in [5, 5.41) is 0. The van der Waals surface area contributed by atoms with Crippen LogP contribution in [0.1, 0.15) is 26.7 Å². The van der Waals surface area contributed by atoms with Gasteiger partial charge in [0, 0.05) is 5.88 Å². The molecule has 0 heterocycles. The molecule has 0 aromatic carbocycles. The molecule has 0 N–H and O–H groups in total. The predicted molar refractivity (Wildman–Crippen MR) is 52.1 cm³/mol. The first-order valence-electron chi connectivity index (χ1n) is 3.73. The summed E-state index contributed by atoms with van der Waals surface area (Å²) in [4.78, 5) is 0. The van der Waals surface area contributed by atoms with Crippen molar-refractivity contribution in [2.75, 3.05) is 17.9 Å². The van der Waals surface area contributed by atoms with Crippen LogP contribution in [0.15, 0.2) is 0 Å². The Morgan fingerprint density at radius 1 is 1.50 bits per heavy atom. The average molecular weight is 181 g/mol. The molecule has 0 radical (unpaired) electrons. The highest BCUT2D eigenvalue weighted by atomic mass is 35.5. The van der Waals surface area contributed by atoms with Crippen LogP contribution in [0.2, 0.25) is 0 Å². The van der Waals surface area contributed by atoms with Crippen molar-refractivity contribution in [3.8, 4) is 0 Å². The Morgan fingerprint density at radius 2 is 2.10 bits per heavy atom. The highest BCUT2D eigenvalue weighted by molar-refractivity contribution is 7.98. The Balaban J connectivity index is 3.58. The lowest BCUT2D eigenvalue weighted by Crippen LogP contribution is -2.17. The van der Waals surface area contributed by atoms with Crippen LogP contribution in [0.4, 0.5) is 0 Å². The van der Waals surface area contributed by atoms with Gasteiger partial charge in [-0.2, -0.15) is 11.8 Å². The molecule has 0 saturated carbocycles. The molecule has 1 atom stereocenters. The van der Waals surface area contributed by atoms with Gasteiger partial charge in [-0.3, -0.25) is 0 Å². The number of alkyl halides is 1. The van der Waals surface area contributed by atoms with Crippen LogP contribution in [-0.4, -0.2) is 17.9 Å². The average Bonchev–Trinajstić information content (AvgIpc) is 2.00. The topological polar surface area (TPSA) is 0 Å². The minimum atomic E-state index is 0.380. The first-order valence-corrected chi connectivity index (χ1v) is 5.66. The zero-order valence-corrected chi connectivity index (χ0v) is 8.69. The normalized spacial score (nSPS) is 16.8. The summed E-state index contributed by atoms with van der Waals surface area (Å²) in [7, 11) is 0. The molecule has 0 aliphatic heterocycles. The third-order valence-electron chi connectivity index (χ3n) is 2.09.